The van der Waals surface area contributed by atoms with E-state index in [2.05, 4.69) is 48.0 Å². The van der Waals surface area contributed by atoms with Gasteiger partial charge in [0.25, 0.3) is 18.3 Å². The molecule has 44 heavy (non-hydrogen) atoms. The van der Waals surface area contributed by atoms with Gasteiger partial charge in [0.2, 0.25) is 5.91 Å². The average Bonchev–Trinajstić information content (AvgIpc) is 3.36. The summed E-state index contributed by atoms with van der Waals surface area (Å²) in [6, 6.07) is 6.33. The van der Waals surface area contributed by atoms with E-state index in [0.717, 1.165) is 0 Å². The lowest BCUT2D eigenvalue weighted by atomic mass is 9.71. The molecule has 17 heteroatoms. The van der Waals surface area contributed by atoms with E-state index in [9.17, 15) is 24.8 Å². The number of amides is 2. The Balaban J connectivity index is 1.68. The van der Waals surface area contributed by atoms with E-state index in [1.807, 2.05) is 0 Å². The van der Waals surface area contributed by atoms with Crippen molar-refractivity contribution in [3.8, 4) is 17.5 Å². The van der Waals surface area contributed by atoms with Crippen molar-refractivity contribution in [3.63, 3.8) is 0 Å². The molecule has 1 radical (unpaired) electrons. The third-order valence-corrected chi connectivity index (χ3v) is 8.97. The molecule has 0 bridgehead atoms. The minimum atomic E-state index is -0.914. The van der Waals surface area contributed by atoms with Crippen LogP contribution in [-0.2, 0) is 23.8 Å². The Hall–Kier alpha value is -2.72. The fourth-order valence-corrected chi connectivity index (χ4v) is 5.71. The molecule has 0 saturated carbocycles. The molecule has 4 atom stereocenters. The van der Waals surface area contributed by atoms with Crippen LogP contribution >= 0.6 is 21.6 Å². The zero-order chi connectivity index (χ0) is 32.4. The van der Waals surface area contributed by atoms with Gasteiger partial charge in [-0.05, 0) is 24.6 Å². The van der Waals surface area contributed by atoms with Crippen molar-refractivity contribution in [1.82, 2.24) is 10.6 Å². The van der Waals surface area contributed by atoms with Crippen LogP contribution in [0, 0.1) is 21.9 Å². The molecule has 5 N–H and O–H groups in total. The number of benzene rings is 1. The van der Waals surface area contributed by atoms with Crippen LogP contribution in [0.5, 0.6) is 5.75 Å². The number of aliphatic hydroxyl groups is 1. The summed E-state index contributed by atoms with van der Waals surface area (Å²) in [6.07, 6.45) is -1.48. The van der Waals surface area contributed by atoms with Gasteiger partial charge < -0.3 is 45.3 Å². The second kappa shape index (κ2) is 20.3. The predicted molar refractivity (Wildman–Crippen MR) is 168 cm³/mol. The van der Waals surface area contributed by atoms with Gasteiger partial charge in [-0.3, -0.25) is 9.59 Å². The lowest BCUT2D eigenvalue weighted by Crippen LogP contribution is -2.29. The standard InChI is InChI=1S/C27H40BN4O10S2/c1-27(2,3)44-43-25(18-40-20-7-4-6-19(14-20)26(35)31-11-9-29)39-13-12-38-17-24(34)30-10-5-8-28-23-15-21(42-32(36)37)22(16-33)41-23/h4,6-7,14,21-23,25,33H,9-13,15-18,29H2,1-3H3,(H,30,34)(H,31,35)/t21-,22?,23-,25?/m1/s1. The molecule has 1 aromatic rings. The number of nitrogens with two attached hydrogens (primary N) is 1. The number of hydrogen-bond donors (Lipinski definition) is 4. The Bertz CT molecular complexity index is 1120. The predicted octanol–water partition coefficient (Wildman–Crippen LogP) is 0.759. The van der Waals surface area contributed by atoms with E-state index in [1.165, 1.54) is 18.1 Å². The van der Waals surface area contributed by atoms with Crippen molar-refractivity contribution in [3.05, 3.63) is 39.9 Å². The van der Waals surface area contributed by atoms with Gasteiger partial charge in [0.1, 0.15) is 36.6 Å². The Morgan fingerprint density at radius 2 is 2.11 bits per heavy atom. The maximum Gasteiger partial charge on any atom is 0.294 e. The average molecular weight is 656 g/mol. The zero-order valence-corrected chi connectivity index (χ0v) is 26.7. The number of hydrogen-bond acceptors (Lipinski definition) is 13. The molecule has 1 heterocycles. The summed E-state index contributed by atoms with van der Waals surface area (Å²) >= 11 is 0. The summed E-state index contributed by atoms with van der Waals surface area (Å²) in [4.78, 5) is 39.3. The number of rotatable bonds is 19. The maximum atomic E-state index is 12.2. The molecule has 2 unspecified atom stereocenters. The van der Waals surface area contributed by atoms with Gasteiger partial charge in [0, 0.05) is 29.4 Å². The molecule has 14 nitrogen and oxygen atoms in total. The molecule has 0 aromatic heterocycles. The van der Waals surface area contributed by atoms with Gasteiger partial charge in [0.15, 0.2) is 0 Å². The first kappa shape index (κ1) is 37.5. The van der Waals surface area contributed by atoms with Crippen LogP contribution in [0.15, 0.2) is 24.3 Å². The van der Waals surface area contributed by atoms with Crippen molar-refractivity contribution in [2.75, 3.05) is 52.7 Å². The minimum Gasteiger partial charge on any atom is -0.490 e. The Labute approximate surface area is 265 Å². The molecule has 2 amide bonds. The summed E-state index contributed by atoms with van der Waals surface area (Å²) < 4.78 is 22.7. The number of carbonyl (C=O) groups excluding carboxylic acids is 2. The largest absolute Gasteiger partial charge is 0.490 e. The van der Waals surface area contributed by atoms with Gasteiger partial charge in [0.05, 0.1) is 26.4 Å². The van der Waals surface area contributed by atoms with Gasteiger partial charge in [-0.2, -0.15) is 5.82 Å². The van der Waals surface area contributed by atoms with Crippen LogP contribution in [0.3, 0.4) is 0 Å². The van der Waals surface area contributed by atoms with Crippen LogP contribution in [0.4, 0.5) is 0 Å². The second-order valence-electron chi connectivity index (χ2n) is 10.3. The number of nitrogens with zero attached hydrogens (tertiary/aromatic N) is 1. The van der Waals surface area contributed by atoms with Gasteiger partial charge >= 0.3 is 0 Å². The van der Waals surface area contributed by atoms with E-state index < -0.39 is 29.9 Å². The van der Waals surface area contributed by atoms with Crippen LogP contribution in [0.25, 0.3) is 0 Å². The molecule has 1 fully saturated rings. The first-order chi connectivity index (χ1) is 21.0. The molecular weight excluding hydrogens is 615 g/mol. The van der Waals surface area contributed by atoms with Crippen molar-refractivity contribution >= 4 is 40.7 Å². The SMILES string of the molecule is CC(C)(C)SSC(COc1cccc(C(=O)NCCN)c1)OCCOCC(=O)NCC#C[B][C@H]1C[C@@H](O[N+](=O)[O-])C(CO)O1. The van der Waals surface area contributed by atoms with Crippen LogP contribution < -0.4 is 21.1 Å². The van der Waals surface area contributed by atoms with E-state index in [1.54, 1.807) is 35.1 Å². The van der Waals surface area contributed by atoms with Crippen molar-refractivity contribution < 1.29 is 43.6 Å². The monoisotopic (exact) mass is 655 g/mol. The molecular formula is C27H40BN4O10S2. The lowest BCUT2D eigenvalue weighted by Gasteiger charge is -2.22. The zero-order valence-electron chi connectivity index (χ0n) is 25.0. The highest BCUT2D eigenvalue weighted by Crippen LogP contribution is 2.38. The number of ether oxygens (including phenoxy) is 4. The van der Waals surface area contributed by atoms with E-state index in [4.69, 9.17) is 24.7 Å². The van der Waals surface area contributed by atoms with Crippen LogP contribution in [-0.4, -0.2) is 110 Å². The summed E-state index contributed by atoms with van der Waals surface area (Å²) in [7, 11) is 4.68. The summed E-state index contributed by atoms with van der Waals surface area (Å²) in [5.41, 5.74) is 5.58. The topological polar surface area (TPSA) is 194 Å². The first-order valence-electron chi connectivity index (χ1n) is 13.9. The third kappa shape index (κ3) is 15.8. The first-order valence-corrected chi connectivity index (χ1v) is 16.1. The quantitative estimate of drug-likeness (QED) is 0.0311. The highest BCUT2D eigenvalue weighted by atomic mass is 33.1. The fraction of sp³-hybridized carbons (Fsp3) is 0.630. The fourth-order valence-electron chi connectivity index (χ4n) is 3.52. The number of aliphatic hydroxyl groups excluding tert-OH is 1. The number of carbonyl (C=O) groups is 2. The van der Waals surface area contributed by atoms with Crippen LogP contribution in [0.1, 0.15) is 37.6 Å². The van der Waals surface area contributed by atoms with Crippen molar-refractivity contribution in [2.24, 2.45) is 5.73 Å². The van der Waals surface area contributed by atoms with E-state index in [0.29, 0.717) is 24.4 Å². The highest BCUT2D eigenvalue weighted by molar-refractivity contribution is 8.77. The van der Waals surface area contributed by atoms with Gasteiger partial charge in [-0.25, -0.2) is 0 Å². The lowest BCUT2D eigenvalue weighted by molar-refractivity contribution is -0.769. The normalized spacial score (nSPS) is 18.4. The Kier molecular flexibility index (Phi) is 17.3. The number of nitrogens with one attached hydrogen (secondary N) is 2. The van der Waals surface area contributed by atoms with E-state index in [-0.39, 0.29) is 61.4 Å². The smallest absolute Gasteiger partial charge is 0.294 e. The van der Waals surface area contributed by atoms with Crippen molar-refractivity contribution in [2.45, 2.75) is 55.6 Å². The molecule has 1 saturated heterocycles. The molecule has 2 rings (SSSR count). The maximum absolute atomic E-state index is 12.2. The van der Waals surface area contributed by atoms with Gasteiger partial charge in [-0.1, -0.05) is 54.3 Å². The summed E-state index contributed by atoms with van der Waals surface area (Å²) in [6.45, 7) is 7.13. The minimum absolute atomic E-state index is 0.0114. The van der Waals surface area contributed by atoms with Crippen LogP contribution in [0.2, 0.25) is 0 Å². The second-order valence-corrected chi connectivity index (χ2v) is 13.5. The Morgan fingerprint density at radius 3 is 2.82 bits per heavy atom. The summed E-state index contributed by atoms with van der Waals surface area (Å²) in [5, 5.41) is 24.2. The summed E-state index contributed by atoms with van der Waals surface area (Å²) in [5.74, 6) is 5.42. The molecule has 243 valence electrons. The van der Waals surface area contributed by atoms with Gasteiger partial charge in [-0.15, -0.1) is 10.1 Å². The molecule has 1 aliphatic rings. The molecule has 0 aliphatic carbocycles. The molecule has 1 aromatic carbocycles. The third-order valence-electron chi connectivity index (χ3n) is 5.46. The molecule has 1 aliphatic heterocycles. The molecule has 0 spiro atoms. The highest BCUT2D eigenvalue weighted by Gasteiger charge is 2.37. The Morgan fingerprint density at radius 1 is 1.32 bits per heavy atom. The van der Waals surface area contributed by atoms with Crippen molar-refractivity contribution in [1.29, 1.82) is 0 Å². The van der Waals surface area contributed by atoms with E-state index >= 15 is 0 Å².